The second-order valence-corrected chi connectivity index (χ2v) is 4.97. The summed E-state index contributed by atoms with van der Waals surface area (Å²) < 4.78 is 10.6. The molecule has 2 aromatic rings. The maximum absolute atomic E-state index is 9.46. The molecular formula is C15H22N4O3. The Bertz CT molecular complexity index is 648. The van der Waals surface area contributed by atoms with Crippen molar-refractivity contribution in [3.05, 3.63) is 12.1 Å². The van der Waals surface area contributed by atoms with Crippen molar-refractivity contribution in [3.63, 3.8) is 0 Å². The van der Waals surface area contributed by atoms with E-state index < -0.39 is 0 Å². The highest BCUT2D eigenvalue weighted by Gasteiger charge is 2.15. The van der Waals surface area contributed by atoms with Crippen molar-refractivity contribution in [2.45, 2.75) is 25.8 Å². The number of rotatable bonds is 7. The van der Waals surface area contributed by atoms with E-state index in [1.54, 1.807) is 26.4 Å². The number of nitrogens with two attached hydrogens (primary N) is 1. The largest absolute Gasteiger partial charge is 0.493 e. The number of fused-ring (bicyclic) bond motifs is 1. The molecule has 7 nitrogen and oxygen atoms in total. The Kier molecular flexibility index (Phi) is 5.21. The Labute approximate surface area is 129 Å². The smallest absolute Gasteiger partial charge is 0.222 e. The number of nitrogen functional groups attached to an aromatic ring is 1. The van der Waals surface area contributed by atoms with Gasteiger partial charge in [0.05, 0.1) is 32.4 Å². The number of ether oxygens (including phenoxy) is 2. The first-order valence-corrected chi connectivity index (χ1v) is 7.19. The summed E-state index contributed by atoms with van der Waals surface area (Å²) in [7, 11) is 3.14. The van der Waals surface area contributed by atoms with Crippen molar-refractivity contribution in [1.82, 2.24) is 9.97 Å². The first-order chi connectivity index (χ1) is 10.6. The number of hydrogen-bond acceptors (Lipinski definition) is 7. The minimum absolute atomic E-state index is 0.0204. The van der Waals surface area contributed by atoms with Crippen molar-refractivity contribution in [2.75, 3.05) is 31.9 Å². The molecule has 0 aliphatic heterocycles. The zero-order chi connectivity index (χ0) is 16.1. The second kappa shape index (κ2) is 7.13. The summed E-state index contributed by atoms with van der Waals surface area (Å²) in [6.07, 6.45) is 1.78. The van der Waals surface area contributed by atoms with Gasteiger partial charge in [0.15, 0.2) is 11.5 Å². The Hall–Kier alpha value is -2.28. The summed E-state index contributed by atoms with van der Waals surface area (Å²) in [5.74, 6) is 1.90. The number of benzene rings is 1. The van der Waals surface area contributed by atoms with Gasteiger partial charge in [-0.1, -0.05) is 13.3 Å². The van der Waals surface area contributed by atoms with E-state index in [2.05, 4.69) is 22.2 Å². The average molecular weight is 306 g/mol. The number of methoxy groups -OCH3 is 2. The van der Waals surface area contributed by atoms with E-state index in [0.717, 1.165) is 18.2 Å². The number of aliphatic hydroxyl groups excluding tert-OH is 1. The molecule has 0 bridgehead atoms. The number of aliphatic hydroxyl groups is 1. The lowest BCUT2D eigenvalue weighted by molar-refractivity contribution is 0.268. The highest BCUT2D eigenvalue weighted by molar-refractivity contribution is 5.92. The third-order valence-electron chi connectivity index (χ3n) is 3.42. The van der Waals surface area contributed by atoms with Crippen molar-refractivity contribution in [3.8, 4) is 11.5 Å². The molecule has 0 saturated carbocycles. The van der Waals surface area contributed by atoms with Crippen LogP contribution in [0.1, 0.15) is 19.8 Å². The third-order valence-corrected chi connectivity index (χ3v) is 3.42. The molecule has 1 aromatic heterocycles. The van der Waals surface area contributed by atoms with Crippen LogP contribution in [0.3, 0.4) is 0 Å². The summed E-state index contributed by atoms with van der Waals surface area (Å²) in [6, 6.07) is 3.47. The lowest BCUT2D eigenvalue weighted by atomic mass is 10.1. The molecule has 0 spiro atoms. The molecule has 1 heterocycles. The SMILES string of the molecule is CCC[C@@H](CO)Nc1nc(N)nc2cc(OC)c(OC)cc12. The standard InChI is InChI=1S/C15H22N4O3/c1-4-5-9(8-20)17-14-10-6-12(21-2)13(22-3)7-11(10)18-15(16)19-14/h6-7,9,20H,4-5,8H2,1-3H3,(H3,16,17,18,19)/t9-/m0/s1. The van der Waals surface area contributed by atoms with Gasteiger partial charge in [-0.15, -0.1) is 0 Å². The van der Waals surface area contributed by atoms with Crippen LogP contribution in [0.2, 0.25) is 0 Å². The fraction of sp³-hybridized carbons (Fsp3) is 0.467. The van der Waals surface area contributed by atoms with Crippen molar-refractivity contribution < 1.29 is 14.6 Å². The first-order valence-electron chi connectivity index (χ1n) is 7.19. The van der Waals surface area contributed by atoms with Crippen LogP contribution in [0, 0.1) is 0 Å². The van der Waals surface area contributed by atoms with Gasteiger partial charge in [-0.3, -0.25) is 0 Å². The van der Waals surface area contributed by atoms with Gasteiger partial charge in [0.2, 0.25) is 5.95 Å². The quantitative estimate of drug-likeness (QED) is 0.716. The minimum atomic E-state index is -0.0874. The fourth-order valence-corrected chi connectivity index (χ4v) is 2.33. The van der Waals surface area contributed by atoms with Crippen LogP contribution in [0.4, 0.5) is 11.8 Å². The average Bonchev–Trinajstić information content (AvgIpc) is 2.52. The molecule has 1 aromatic carbocycles. The van der Waals surface area contributed by atoms with Gasteiger partial charge in [-0.05, 0) is 12.5 Å². The first kappa shape index (κ1) is 16.1. The van der Waals surface area contributed by atoms with Crippen LogP contribution in [0.5, 0.6) is 11.5 Å². The summed E-state index contributed by atoms with van der Waals surface area (Å²) in [5, 5.41) is 13.5. The van der Waals surface area contributed by atoms with Crippen LogP contribution < -0.4 is 20.5 Å². The molecule has 0 unspecified atom stereocenters. The molecule has 0 saturated heterocycles. The molecule has 4 N–H and O–H groups in total. The van der Waals surface area contributed by atoms with E-state index >= 15 is 0 Å². The van der Waals surface area contributed by atoms with E-state index in [9.17, 15) is 5.11 Å². The molecule has 1 atom stereocenters. The molecule has 22 heavy (non-hydrogen) atoms. The van der Waals surface area contributed by atoms with Crippen molar-refractivity contribution >= 4 is 22.7 Å². The zero-order valence-electron chi connectivity index (χ0n) is 13.1. The number of hydrogen-bond donors (Lipinski definition) is 3. The van der Waals surface area contributed by atoms with E-state index in [1.165, 1.54) is 0 Å². The third kappa shape index (κ3) is 3.30. The molecule has 0 aliphatic rings. The summed E-state index contributed by atoms with van der Waals surface area (Å²) >= 11 is 0. The highest BCUT2D eigenvalue weighted by Crippen LogP contribution is 2.34. The number of nitrogens with one attached hydrogen (secondary N) is 1. The monoisotopic (exact) mass is 306 g/mol. The molecule has 0 radical (unpaired) electrons. The summed E-state index contributed by atoms with van der Waals surface area (Å²) in [5.41, 5.74) is 6.43. The summed E-state index contributed by atoms with van der Waals surface area (Å²) in [4.78, 5) is 8.48. The molecular weight excluding hydrogens is 284 g/mol. The van der Waals surface area contributed by atoms with Crippen LogP contribution in [-0.4, -0.2) is 41.9 Å². The highest BCUT2D eigenvalue weighted by atomic mass is 16.5. The Morgan fingerprint density at radius 2 is 1.91 bits per heavy atom. The van der Waals surface area contributed by atoms with Crippen LogP contribution in [0.25, 0.3) is 10.9 Å². The van der Waals surface area contributed by atoms with E-state index in [4.69, 9.17) is 15.2 Å². The summed E-state index contributed by atoms with van der Waals surface area (Å²) in [6.45, 7) is 2.08. The second-order valence-electron chi connectivity index (χ2n) is 4.97. The molecule has 120 valence electrons. The zero-order valence-corrected chi connectivity index (χ0v) is 13.1. The van der Waals surface area contributed by atoms with Gasteiger partial charge in [-0.25, -0.2) is 4.98 Å². The van der Waals surface area contributed by atoms with E-state index in [0.29, 0.717) is 22.8 Å². The molecule has 0 aliphatic carbocycles. The van der Waals surface area contributed by atoms with Gasteiger partial charge in [0, 0.05) is 11.5 Å². The number of anilines is 2. The number of aromatic nitrogens is 2. The lowest BCUT2D eigenvalue weighted by Gasteiger charge is -2.18. The van der Waals surface area contributed by atoms with Gasteiger partial charge in [0.25, 0.3) is 0 Å². The van der Waals surface area contributed by atoms with Crippen LogP contribution >= 0.6 is 0 Å². The fourth-order valence-electron chi connectivity index (χ4n) is 2.33. The predicted molar refractivity (Wildman–Crippen MR) is 86.5 cm³/mol. The molecule has 0 fully saturated rings. The number of nitrogens with zero attached hydrogens (tertiary/aromatic N) is 2. The van der Waals surface area contributed by atoms with E-state index in [-0.39, 0.29) is 18.6 Å². The maximum Gasteiger partial charge on any atom is 0.222 e. The minimum Gasteiger partial charge on any atom is -0.493 e. The van der Waals surface area contributed by atoms with Crippen LogP contribution in [0.15, 0.2) is 12.1 Å². The van der Waals surface area contributed by atoms with Gasteiger partial charge in [0.1, 0.15) is 5.82 Å². The van der Waals surface area contributed by atoms with Gasteiger partial charge in [-0.2, -0.15) is 4.98 Å². The molecule has 7 heteroatoms. The molecule has 0 amide bonds. The van der Waals surface area contributed by atoms with Crippen molar-refractivity contribution in [2.24, 2.45) is 0 Å². The maximum atomic E-state index is 9.46. The predicted octanol–water partition coefficient (Wildman–Crippen LogP) is 1.80. The van der Waals surface area contributed by atoms with Crippen molar-refractivity contribution in [1.29, 1.82) is 0 Å². The Balaban J connectivity index is 2.52. The van der Waals surface area contributed by atoms with Gasteiger partial charge < -0.3 is 25.6 Å². The lowest BCUT2D eigenvalue weighted by Crippen LogP contribution is -2.24. The Morgan fingerprint density at radius 1 is 1.23 bits per heavy atom. The topological polar surface area (TPSA) is 103 Å². The van der Waals surface area contributed by atoms with Gasteiger partial charge >= 0.3 is 0 Å². The van der Waals surface area contributed by atoms with Crippen LogP contribution in [-0.2, 0) is 0 Å². The van der Waals surface area contributed by atoms with E-state index in [1.807, 2.05) is 0 Å². The normalized spacial score (nSPS) is 12.2. The Morgan fingerprint density at radius 3 is 2.50 bits per heavy atom. The molecule has 2 rings (SSSR count).